The molecule has 2 aromatic rings. The summed E-state index contributed by atoms with van der Waals surface area (Å²) in [5, 5.41) is 5.52. The lowest BCUT2D eigenvalue weighted by Crippen LogP contribution is -2.34. The van der Waals surface area contributed by atoms with E-state index >= 15 is 0 Å². The number of carbonyl (C=O) groups excluding carboxylic acids is 2. The van der Waals surface area contributed by atoms with Crippen LogP contribution in [0.25, 0.3) is 0 Å². The van der Waals surface area contributed by atoms with Crippen LogP contribution >= 0.6 is 0 Å². The van der Waals surface area contributed by atoms with Crippen molar-refractivity contribution in [3.05, 3.63) is 42.0 Å². The predicted molar refractivity (Wildman–Crippen MR) is 92.7 cm³/mol. The highest BCUT2D eigenvalue weighted by Crippen LogP contribution is 2.34. The van der Waals surface area contributed by atoms with Crippen LogP contribution < -0.4 is 24.8 Å². The fourth-order valence-electron chi connectivity index (χ4n) is 2.55. The Balaban J connectivity index is 1.85. The standard InChI is InChI=1S/C18H18N2O5/c1-10-17(21)20-13-9-11(7-8-14(13)25-10)19-18(22)12-5-4-6-15(23-2)16(12)24-3/h4-10H,1-3H3,(H,19,22)(H,20,21)/t10-/m0/s1. The van der Waals surface area contributed by atoms with Gasteiger partial charge >= 0.3 is 0 Å². The number of anilines is 2. The quantitative estimate of drug-likeness (QED) is 0.892. The van der Waals surface area contributed by atoms with Crippen molar-refractivity contribution in [2.24, 2.45) is 0 Å². The number of rotatable bonds is 4. The minimum Gasteiger partial charge on any atom is -0.493 e. The van der Waals surface area contributed by atoms with Gasteiger partial charge in [-0.1, -0.05) is 6.07 Å². The molecular weight excluding hydrogens is 324 g/mol. The predicted octanol–water partition coefficient (Wildman–Crippen LogP) is 2.68. The lowest BCUT2D eigenvalue weighted by Gasteiger charge is -2.23. The third-order valence-corrected chi connectivity index (χ3v) is 3.82. The summed E-state index contributed by atoms with van der Waals surface area (Å²) >= 11 is 0. The van der Waals surface area contributed by atoms with Crippen molar-refractivity contribution in [2.45, 2.75) is 13.0 Å². The molecule has 1 heterocycles. The van der Waals surface area contributed by atoms with Gasteiger partial charge in [0.15, 0.2) is 17.6 Å². The number of amides is 2. The van der Waals surface area contributed by atoms with Crippen LogP contribution in [0, 0.1) is 0 Å². The van der Waals surface area contributed by atoms with Gasteiger partial charge in [0, 0.05) is 5.69 Å². The molecule has 0 aliphatic carbocycles. The van der Waals surface area contributed by atoms with Crippen LogP contribution in [0.4, 0.5) is 11.4 Å². The Morgan fingerprint density at radius 3 is 2.72 bits per heavy atom. The summed E-state index contributed by atoms with van der Waals surface area (Å²) in [6, 6.07) is 10.1. The highest BCUT2D eigenvalue weighted by molar-refractivity contribution is 6.07. The Labute approximate surface area is 144 Å². The van der Waals surface area contributed by atoms with Crippen LogP contribution in [0.3, 0.4) is 0 Å². The van der Waals surface area contributed by atoms with Gasteiger partial charge in [0.1, 0.15) is 5.75 Å². The maximum absolute atomic E-state index is 12.6. The average molecular weight is 342 g/mol. The number of ether oxygens (including phenoxy) is 3. The van der Waals surface area contributed by atoms with Gasteiger partial charge in [0.25, 0.3) is 11.8 Å². The van der Waals surface area contributed by atoms with E-state index in [4.69, 9.17) is 14.2 Å². The molecule has 0 bridgehead atoms. The molecule has 1 aliphatic heterocycles. The maximum Gasteiger partial charge on any atom is 0.265 e. The van der Waals surface area contributed by atoms with Crippen molar-refractivity contribution in [3.8, 4) is 17.2 Å². The van der Waals surface area contributed by atoms with Crippen LogP contribution in [0.5, 0.6) is 17.2 Å². The van der Waals surface area contributed by atoms with Crippen molar-refractivity contribution in [1.82, 2.24) is 0 Å². The van der Waals surface area contributed by atoms with Crippen molar-refractivity contribution in [3.63, 3.8) is 0 Å². The van der Waals surface area contributed by atoms with E-state index in [0.29, 0.717) is 34.2 Å². The Morgan fingerprint density at radius 2 is 2.00 bits per heavy atom. The molecular formula is C18H18N2O5. The van der Waals surface area contributed by atoms with Crippen LogP contribution in [0.2, 0.25) is 0 Å². The van der Waals surface area contributed by atoms with Crippen LogP contribution in [0.1, 0.15) is 17.3 Å². The van der Waals surface area contributed by atoms with Crippen LogP contribution in [0.15, 0.2) is 36.4 Å². The minimum absolute atomic E-state index is 0.231. The fraction of sp³-hybridized carbons (Fsp3) is 0.222. The van der Waals surface area contributed by atoms with E-state index < -0.39 is 6.10 Å². The number of fused-ring (bicyclic) bond motifs is 1. The third kappa shape index (κ3) is 3.21. The molecule has 0 spiro atoms. The van der Waals surface area contributed by atoms with E-state index in [9.17, 15) is 9.59 Å². The van der Waals surface area contributed by atoms with Gasteiger partial charge in [0.05, 0.1) is 25.5 Å². The Hall–Kier alpha value is -3.22. The summed E-state index contributed by atoms with van der Waals surface area (Å²) in [6.45, 7) is 1.67. The van der Waals surface area contributed by atoms with Crippen LogP contribution in [-0.2, 0) is 4.79 Å². The normalized spacial score (nSPS) is 15.5. The molecule has 0 fully saturated rings. The van der Waals surface area contributed by atoms with E-state index in [0.717, 1.165) is 0 Å². The summed E-state index contributed by atoms with van der Waals surface area (Å²) in [6.07, 6.45) is -0.547. The SMILES string of the molecule is COc1cccc(C(=O)Nc2ccc3c(c2)NC(=O)[C@H](C)O3)c1OC. The Morgan fingerprint density at radius 1 is 1.20 bits per heavy atom. The van der Waals surface area contributed by atoms with Gasteiger partial charge in [-0.15, -0.1) is 0 Å². The lowest BCUT2D eigenvalue weighted by atomic mass is 10.1. The van der Waals surface area contributed by atoms with Crippen LogP contribution in [-0.4, -0.2) is 32.1 Å². The molecule has 2 aromatic carbocycles. The second kappa shape index (κ2) is 6.72. The zero-order chi connectivity index (χ0) is 18.0. The van der Waals surface area contributed by atoms with Gasteiger partial charge in [-0.2, -0.15) is 0 Å². The van der Waals surface area contributed by atoms with Gasteiger partial charge in [0.2, 0.25) is 0 Å². The number of carbonyl (C=O) groups is 2. The molecule has 25 heavy (non-hydrogen) atoms. The smallest absolute Gasteiger partial charge is 0.265 e. The number of benzene rings is 2. The molecule has 0 unspecified atom stereocenters. The highest BCUT2D eigenvalue weighted by atomic mass is 16.5. The molecule has 2 amide bonds. The highest BCUT2D eigenvalue weighted by Gasteiger charge is 2.24. The van der Waals surface area contributed by atoms with Gasteiger partial charge in [-0.25, -0.2) is 0 Å². The summed E-state index contributed by atoms with van der Waals surface area (Å²) in [4.78, 5) is 24.3. The second-order valence-electron chi connectivity index (χ2n) is 5.46. The number of hydrogen-bond donors (Lipinski definition) is 2. The first kappa shape index (κ1) is 16.6. The molecule has 1 atom stereocenters. The van der Waals surface area contributed by atoms with Crippen molar-refractivity contribution in [1.29, 1.82) is 0 Å². The number of nitrogens with one attached hydrogen (secondary N) is 2. The lowest BCUT2D eigenvalue weighted by molar-refractivity contribution is -0.122. The molecule has 1 aliphatic rings. The van der Waals surface area contributed by atoms with Crippen molar-refractivity contribution < 1.29 is 23.8 Å². The molecule has 0 saturated carbocycles. The molecule has 0 radical (unpaired) electrons. The molecule has 0 aromatic heterocycles. The maximum atomic E-state index is 12.6. The molecule has 130 valence electrons. The monoisotopic (exact) mass is 342 g/mol. The first-order valence-electron chi connectivity index (χ1n) is 7.67. The molecule has 3 rings (SSSR count). The summed E-state index contributed by atoms with van der Waals surface area (Å²) in [5.74, 6) is 0.794. The first-order valence-corrected chi connectivity index (χ1v) is 7.67. The average Bonchev–Trinajstić information content (AvgIpc) is 2.62. The van der Waals surface area contributed by atoms with E-state index in [2.05, 4.69) is 10.6 Å². The Bertz CT molecular complexity index is 834. The van der Waals surface area contributed by atoms with E-state index in [1.807, 2.05) is 0 Å². The number of para-hydroxylation sites is 1. The second-order valence-corrected chi connectivity index (χ2v) is 5.46. The molecule has 0 saturated heterocycles. The summed E-state index contributed by atoms with van der Waals surface area (Å²) in [7, 11) is 2.98. The Kier molecular flexibility index (Phi) is 4.47. The van der Waals surface area contributed by atoms with E-state index in [1.54, 1.807) is 43.3 Å². The number of methoxy groups -OCH3 is 2. The van der Waals surface area contributed by atoms with Gasteiger partial charge < -0.3 is 24.8 Å². The van der Waals surface area contributed by atoms with E-state index in [-0.39, 0.29) is 11.8 Å². The van der Waals surface area contributed by atoms with Crippen molar-refractivity contribution in [2.75, 3.05) is 24.9 Å². The largest absolute Gasteiger partial charge is 0.493 e. The van der Waals surface area contributed by atoms with Gasteiger partial charge in [-0.3, -0.25) is 9.59 Å². The minimum atomic E-state index is -0.547. The number of hydrogen-bond acceptors (Lipinski definition) is 5. The van der Waals surface area contributed by atoms with E-state index in [1.165, 1.54) is 14.2 Å². The molecule has 7 nitrogen and oxygen atoms in total. The zero-order valence-electron chi connectivity index (χ0n) is 14.1. The van der Waals surface area contributed by atoms with Crippen molar-refractivity contribution >= 4 is 23.2 Å². The topological polar surface area (TPSA) is 85.9 Å². The molecule has 7 heteroatoms. The molecule has 2 N–H and O–H groups in total. The summed E-state index contributed by atoms with van der Waals surface area (Å²) in [5.41, 5.74) is 1.37. The summed E-state index contributed by atoms with van der Waals surface area (Å²) < 4.78 is 16.0. The third-order valence-electron chi connectivity index (χ3n) is 3.82. The van der Waals surface area contributed by atoms with Gasteiger partial charge in [-0.05, 0) is 37.3 Å². The fourth-order valence-corrected chi connectivity index (χ4v) is 2.55. The first-order chi connectivity index (χ1) is 12.0. The zero-order valence-corrected chi connectivity index (χ0v) is 14.1.